The van der Waals surface area contributed by atoms with Gasteiger partial charge in [-0.3, -0.25) is 0 Å². The molecule has 3 rings (SSSR count). The van der Waals surface area contributed by atoms with Gasteiger partial charge in [0, 0.05) is 18.0 Å². The fourth-order valence-electron chi connectivity index (χ4n) is 2.60. The largest absolute Gasteiger partial charge is 0.496 e. The molecule has 22 heavy (non-hydrogen) atoms. The summed E-state index contributed by atoms with van der Waals surface area (Å²) in [5, 5.41) is 9.26. The Hall–Kier alpha value is -2.82. The quantitative estimate of drug-likeness (QED) is 0.805. The number of fused-ring (bicyclic) bond motifs is 1. The number of nitrogens with zero attached hydrogens (tertiary/aromatic N) is 2. The predicted octanol–water partition coefficient (Wildman–Crippen LogP) is 3.32. The van der Waals surface area contributed by atoms with Gasteiger partial charge in [0.1, 0.15) is 11.3 Å². The van der Waals surface area contributed by atoms with E-state index < -0.39 is 5.97 Å². The third-order valence-electron chi connectivity index (χ3n) is 3.73. The molecule has 0 unspecified atom stereocenters. The van der Waals surface area contributed by atoms with Crippen LogP contribution in [-0.2, 0) is 0 Å². The van der Waals surface area contributed by atoms with Gasteiger partial charge in [0.2, 0.25) is 0 Å². The highest BCUT2D eigenvalue weighted by Gasteiger charge is 2.14. The lowest BCUT2D eigenvalue weighted by Gasteiger charge is -2.09. The predicted molar refractivity (Wildman–Crippen MR) is 83.6 cm³/mol. The maximum atomic E-state index is 11.3. The average Bonchev–Trinajstić information content (AvgIpc) is 2.92. The molecule has 2 aromatic heterocycles. The van der Waals surface area contributed by atoms with Crippen LogP contribution in [0.5, 0.6) is 5.75 Å². The summed E-state index contributed by atoms with van der Waals surface area (Å²) >= 11 is 0. The van der Waals surface area contributed by atoms with Crippen LogP contribution in [0, 0.1) is 13.8 Å². The highest BCUT2D eigenvalue weighted by molar-refractivity contribution is 5.94. The standard InChI is InChI=1S/C17H16N2O3/c1-10-8-15(22-3)11(2)7-13(10)14-9-19-6-4-5-12(17(20)21)16(19)18-14/h4-9H,1-3H3,(H,20,21). The Morgan fingerprint density at radius 3 is 2.73 bits per heavy atom. The van der Waals surface area contributed by atoms with Crippen molar-refractivity contribution in [2.75, 3.05) is 7.11 Å². The molecule has 0 atom stereocenters. The SMILES string of the molecule is COc1cc(C)c(-c2cn3cccc(C(=O)O)c3n2)cc1C. The van der Waals surface area contributed by atoms with Crippen molar-refractivity contribution in [3.8, 4) is 17.0 Å². The van der Waals surface area contributed by atoms with Crippen molar-refractivity contribution in [1.82, 2.24) is 9.38 Å². The third-order valence-corrected chi connectivity index (χ3v) is 3.73. The van der Waals surface area contributed by atoms with E-state index in [0.29, 0.717) is 5.65 Å². The highest BCUT2D eigenvalue weighted by Crippen LogP contribution is 2.30. The van der Waals surface area contributed by atoms with Gasteiger partial charge in [-0.05, 0) is 49.2 Å². The summed E-state index contributed by atoms with van der Waals surface area (Å²) in [6.07, 6.45) is 3.64. The Bertz CT molecular complexity index is 881. The second-order valence-corrected chi connectivity index (χ2v) is 5.22. The first-order valence-corrected chi connectivity index (χ1v) is 6.88. The normalized spacial score (nSPS) is 10.9. The molecule has 112 valence electrons. The van der Waals surface area contributed by atoms with Gasteiger partial charge in [0.05, 0.1) is 12.8 Å². The van der Waals surface area contributed by atoms with Gasteiger partial charge in [-0.15, -0.1) is 0 Å². The van der Waals surface area contributed by atoms with Gasteiger partial charge in [0.25, 0.3) is 0 Å². The van der Waals surface area contributed by atoms with E-state index in [2.05, 4.69) is 4.98 Å². The van der Waals surface area contributed by atoms with Gasteiger partial charge in [-0.2, -0.15) is 0 Å². The molecule has 0 aliphatic carbocycles. The van der Waals surface area contributed by atoms with Gasteiger partial charge < -0.3 is 14.2 Å². The van der Waals surface area contributed by atoms with Crippen molar-refractivity contribution in [3.63, 3.8) is 0 Å². The molecule has 1 aromatic carbocycles. The first-order chi connectivity index (χ1) is 10.5. The van der Waals surface area contributed by atoms with Gasteiger partial charge in [-0.1, -0.05) is 0 Å². The van der Waals surface area contributed by atoms with E-state index in [1.165, 1.54) is 0 Å². The number of imidazole rings is 1. The van der Waals surface area contributed by atoms with Crippen LogP contribution in [-0.4, -0.2) is 27.6 Å². The van der Waals surface area contributed by atoms with Crippen LogP contribution in [0.1, 0.15) is 21.5 Å². The number of carboxylic acid groups (broad SMARTS) is 1. The van der Waals surface area contributed by atoms with Crippen molar-refractivity contribution in [2.45, 2.75) is 13.8 Å². The summed E-state index contributed by atoms with van der Waals surface area (Å²) in [7, 11) is 1.64. The van der Waals surface area contributed by atoms with Crippen LogP contribution in [0.25, 0.3) is 16.9 Å². The van der Waals surface area contributed by atoms with Crippen molar-refractivity contribution >= 4 is 11.6 Å². The number of carboxylic acids is 1. The number of rotatable bonds is 3. The van der Waals surface area contributed by atoms with Crippen LogP contribution < -0.4 is 4.74 Å². The molecular formula is C17H16N2O3. The molecule has 0 saturated heterocycles. The molecule has 0 aliphatic heterocycles. The van der Waals surface area contributed by atoms with E-state index >= 15 is 0 Å². The maximum absolute atomic E-state index is 11.3. The van der Waals surface area contributed by atoms with Crippen LogP contribution in [0.2, 0.25) is 0 Å². The minimum absolute atomic E-state index is 0.191. The number of hydrogen-bond acceptors (Lipinski definition) is 3. The highest BCUT2D eigenvalue weighted by atomic mass is 16.5. The average molecular weight is 296 g/mol. The molecule has 5 heteroatoms. The van der Waals surface area contributed by atoms with Crippen molar-refractivity contribution in [2.24, 2.45) is 0 Å². The Morgan fingerprint density at radius 2 is 2.05 bits per heavy atom. The molecule has 0 amide bonds. The maximum Gasteiger partial charge on any atom is 0.339 e. The molecule has 3 aromatic rings. The second-order valence-electron chi connectivity index (χ2n) is 5.22. The fourth-order valence-corrected chi connectivity index (χ4v) is 2.60. The van der Waals surface area contributed by atoms with Crippen LogP contribution in [0.15, 0.2) is 36.7 Å². The molecule has 0 saturated carbocycles. The molecule has 0 aliphatic rings. The Kier molecular flexibility index (Phi) is 3.33. The molecule has 0 spiro atoms. The van der Waals surface area contributed by atoms with Crippen molar-refractivity contribution in [1.29, 1.82) is 0 Å². The second kappa shape index (κ2) is 5.18. The van der Waals surface area contributed by atoms with E-state index in [-0.39, 0.29) is 5.56 Å². The number of methoxy groups -OCH3 is 1. The number of aryl methyl sites for hydroxylation is 2. The number of carbonyl (C=O) groups is 1. The minimum atomic E-state index is -0.981. The van der Waals surface area contributed by atoms with E-state index in [0.717, 1.165) is 28.1 Å². The summed E-state index contributed by atoms with van der Waals surface area (Å²) < 4.78 is 7.06. The zero-order valence-corrected chi connectivity index (χ0v) is 12.6. The zero-order valence-electron chi connectivity index (χ0n) is 12.6. The Morgan fingerprint density at radius 1 is 1.27 bits per heavy atom. The summed E-state index contributed by atoms with van der Waals surface area (Å²) in [4.78, 5) is 15.8. The fraction of sp³-hybridized carbons (Fsp3) is 0.176. The minimum Gasteiger partial charge on any atom is -0.496 e. The molecule has 0 fully saturated rings. The van der Waals surface area contributed by atoms with Crippen LogP contribution >= 0.6 is 0 Å². The number of ether oxygens (including phenoxy) is 1. The summed E-state index contributed by atoms with van der Waals surface area (Å²) in [5.41, 5.74) is 4.39. The lowest BCUT2D eigenvalue weighted by molar-refractivity contribution is 0.0698. The lowest BCUT2D eigenvalue weighted by atomic mass is 10.0. The number of pyridine rings is 1. The number of hydrogen-bond donors (Lipinski definition) is 1. The summed E-state index contributed by atoms with van der Waals surface area (Å²) in [6.45, 7) is 3.96. The molecule has 2 heterocycles. The van der Waals surface area contributed by atoms with Crippen LogP contribution in [0.3, 0.4) is 0 Å². The molecular weight excluding hydrogens is 280 g/mol. The topological polar surface area (TPSA) is 63.8 Å². The Balaban J connectivity index is 2.21. The molecule has 5 nitrogen and oxygen atoms in total. The van der Waals surface area contributed by atoms with Gasteiger partial charge in [0.15, 0.2) is 5.65 Å². The summed E-state index contributed by atoms with van der Waals surface area (Å²) in [6, 6.07) is 7.23. The third kappa shape index (κ3) is 2.20. The van der Waals surface area contributed by atoms with Gasteiger partial charge in [-0.25, -0.2) is 9.78 Å². The van der Waals surface area contributed by atoms with E-state index in [4.69, 9.17) is 4.74 Å². The molecule has 1 N–H and O–H groups in total. The van der Waals surface area contributed by atoms with E-state index in [1.807, 2.05) is 32.2 Å². The monoisotopic (exact) mass is 296 g/mol. The zero-order chi connectivity index (χ0) is 15.9. The first kappa shape index (κ1) is 14.1. The van der Waals surface area contributed by atoms with Gasteiger partial charge >= 0.3 is 5.97 Å². The number of benzene rings is 1. The molecule has 0 bridgehead atoms. The smallest absolute Gasteiger partial charge is 0.339 e. The van der Waals surface area contributed by atoms with Crippen LogP contribution in [0.4, 0.5) is 0 Å². The Labute approximate surface area is 127 Å². The number of aromatic nitrogens is 2. The van der Waals surface area contributed by atoms with Crippen molar-refractivity contribution < 1.29 is 14.6 Å². The van der Waals surface area contributed by atoms with E-state index in [1.54, 1.807) is 29.8 Å². The molecule has 0 radical (unpaired) electrons. The first-order valence-electron chi connectivity index (χ1n) is 6.88. The van der Waals surface area contributed by atoms with Crippen molar-refractivity contribution in [3.05, 3.63) is 53.3 Å². The summed E-state index contributed by atoms with van der Waals surface area (Å²) in [5.74, 6) is -0.151. The lowest BCUT2D eigenvalue weighted by Crippen LogP contribution is -1.99. The van der Waals surface area contributed by atoms with E-state index in [9.17, 15) is 9.90 Å². The number of aromatic carboxylic acids is 1.